The third-order valence-corrected chi connectivity index (χ3v) is 3.24. The van der Waals surface area contributed by atoms with E-state index in [0.29, 0.717) is 13.2 Å². The molecule has 3 rings (SSSR count). The Labute approximate surface area is 93.8 Å². The number of ether oxygens (including phenoxy) is 2. The van der Waals surface area contributed by atoms with Crippen LogP contribution in [0, 0.1) is 0 Å². The normalized spacial score (nSPS) is 22.7. The highest BCUT2D eigenvalue weighted by atomic mass is 16.6. The summed E-state index contributed by atoms with van der Waals surface area (Å²) in [6.45, 7) is 1.04. The molecule has 1 unspecified atom stereocenters. The van der Waals surface area contributed by atoms with Crippen molar-refractivity contribution in [2.24, 2.45) is 0 Å². The topological polar surface area (TPSA) is 38.8 Å². The van der Waals surface area contributed by atoms with Gasteiger partial charge in [0.1, 0.15) is 6.61 Å². The second-order valence-corrected chi connectivity index (χ2v) is 4.07. The summed E-state index contributed by atoms with van der Waals surface area (Å²) in [5.74, 6) is 0. The Morgan fingerprint density at radius 1 is 1.50 bits per heavy atom. The summed E-state index contributed by atoms with van der Waals surface area (Å²) in [6.07, 6.45) is 0.675. The zero-order valence-electron chi connectivity index (χ0n) is 9.10. The van der Waals surface area contributed by atoms with E-state index >= 15 is 0 Å². The van der Waals surface area contributed by atoms with Crippen LogP contribution in [0.4, 0.5) is 10.5 Å². The fraction of sp³-hybridized carbons (Fsp3) is 0.417. The smallest absolute Gasteiger partial charge is 0.414 e. The fourth-order valence-electron chi connectivity index (χ4n) is 2.48. The van der Waals surface area contributed by atoms with Gasteiger partial charge in [0.15, 0.2) is 0 Å². The van der Waals surface area contributed by atoms with Gasteiger partial charge < -0.3 is 9.47 Å². The number of anilines is 1. The molecule has 1 atom stereocenters. The van der Waals surface area contributed by atoms with E-state index in [1.54, 1.807) is 12.0 Å². The quantitative estimate of drug-likeness (QED) is 0.727. The molecule has 0 saturated heterocycles. The molecule has 0 radical (unpaired) electrons. The molecule has 2 aliphatic rings. The van der Waals surface area contributed by atoms with Gasteiger partial charge in [-0.1, -0.05) is 18.2 Å². The first-order chi connectivity index (χ1) is 7.81. The summed E-state index contributed by atoms with van der Waals surface area (Å²) >= 11 is 0. The van der Waals surface area contributed by atoms with Crippen LogP contribution >= 0.6 is 0 Å². The van der Waals surface area contributed by atoms with Crippen molar-refractivity contribution in [3.05, 3.63) is 29.3 Å². The lowest BCUT2D eigenvalue weighted by molar-refractivity contribution is 0.0886. The van der Waals surface area contributed by atoms with Crippen molar-refractivity contribution in [2.45, 2.75) is 19.1 Å². The molecule has 16 heavy (non-hydrogen) atoms. The van der Waals surface area contributed by atoms with Gasteiger partial charge in [0, 0.05) is 24.8 Å². The minimum atomic E-state index is -0.241. The molecular formula is C12H13NO3. The summed E-state index contributed by atoms with van der Waals surface area (Å²) in [5, 5.41) is 0. The first-order valence-electron chi connectivity index (χ1n) is 5.40. The molecule has 0 N–H and O–H groups in total. The monoisotopic (exact) mass is 219 g/mol. The van der Waals surface area contributed by atoms with E-state index in [2.05, 4.69) is 0 Å². The summed E-state index contributed by atoms with van der Waals surface area (Å²) < 4.78 is 10.6. The van der Waals surface area contributed by atoms with Crippen molar-refractivity contribution < 1.29 is 14.3 Å². The van der Waals surface area contributed by atoms with Crippen molar-refractivity contribution in [3.63, 3.8) is 0 Å². The number of amides is 1. The predicted molar refractivity (Wildman–Crippen MR) is 58.3 cm³/mol. The lowest BCUT2D eigenvalue weighted by Crippen LogP contribution is -2.40. The molecule has 4 nitrogen and oxygen atoms in total. The largest absolute Gasteiger partial charge is 0.444 e. The van der Waals surface area contributed by atoms with Crippen LogP contribution in [0.25, 0.3) is 0 Å². The Hall–Kier alpha value is -1.55. The molecule has 0 saturated carbocycles. The molecular weight excluding hydrogens is 206 g/mol. The lowest BCUT2D eigenvalue weighted by Gasteiger charge is -2.37. The van der Waals surface area contributed by atoms with Gasteiger partial charge in [-0.3, -0.25) is 4.90 Å². The maximum atomic E-state index is 11.6. The number of cyclic esters (lactones) is 1. The number of hydrogen-bond donors (Lipinski definition) is 0. The Bertz CT molecular complexity index is 444. The minimum absolute atomic E-state index is 0.0945. The standard InChI is InChI=1S/C12H13NO3/c1-15-10-5-6-13-11-8(7-16-12(13)14)3-2-4-9(10)11/h2-4,10H,5-7H2,1H3. The lowest BCUT2D eigenvalue weighted by atomic mass is 9.95. The fourth-order valence-corrected chi connectivity index (χ4v) is 2.48. The van der Waals surface area contributed by atoms with Gasteiger partial charge in [0.2, 0.25) is 0 Å². The number of para-hydroxylation sites is 1. The second-order valence-electron chi connectivity index (χ2n) is 4.07. The van der Waals surface area contributed by atoms with Gasteiger partial charge in [0.25, 0.3) is 0 Å². The molecule has 2 aliphatic heterocycles. The van der Waals surface area contributed by atoms with E-state index in [-0.39, 0.29) is 12.2 Å². The number of benzene rings is 1. The molecule has 1 aromatic carbocycles. The molecule has 1 aromatic rings. The number of nitrogens with zero attached hydrogens (tertiary/aromatic N) is 1. The highest BCUT2D eigenvalue weighted by molar-refractivity contribution is 5.92. The molecule has 0 aromatic heterocycles. The van der Waals surface area contributed by atoms with Crippen LogP contribution < -0.4 is 4.90 Å². The average Bonchev–Trinajstić information content (AvgIpc) is 2.34. The van der Waals surface area contributed by atoms with Gasteiger partial charge in [-0.2, -0.15) is 0 Å². The molecule has 2 heterocycles. The maximum Gasteiger partial charge on any atom is 0.414 e. The van der Waals surface area contributed by atoms with E-state index in [4.69, 9.17) is 9.47 Å². The van der Waals surface area contributed by atoms with Crippen molar-refractivity contribution in [1.29, 1.82) is 0 Å². The Morgan fingerprint density at radius 3 is 3.19 bits per heavy atom. The van der Waals surface area contributed by atoms with Gasteiger partial charge in [-0.25, -0.2) is 4.79 Å². The summed E-state index contributed by atoms with van der Waals surface area (Å²) in [5.41, 5.74) is 3.17. The van der Waals surface area contributed by atoms with Crippen LogP contribution in [0.2, 0.25) is 0 Å². The van der Waals surface area contributed by atoms with Crippen molar-refractivity contribution in [3.8, 4) is 0 Å². The number of carbonyl (C=O) groups excluding carboxylic acids is 1. The Morgan fingerprint density at radius 2 is 2.38 bits per heavy atom. The van der Waals surface area contributed by atoms with Gasteiger partial charge >= 0.3 is 6.09 Å². The van der Waals surface area contributed by atoms with Gasteiger partial charge in [-0.15, -0.1) is 0 Å². The van der Waals surface area contributed by atoms with Crippen LogP contribution in [0.5, 0.6) is 0 Å². The van der Waals surface area contributed by atoms with Gasteiger partial charge in [-0.05, 0) is 6.42 Å². The number of methoxy groups -OCH3 is 1. The summed E-state index contributed by atoms with van der Waals surface area (Å²) in [6, 6.07) is 6.01. The van der Waals surface area contributed by atoms with Crippen LogP contribution in [0.15, 0.2) is 18.2 Å². The van der Waals surface area contributed by atoms with E-state index in [1.165, 1.54) is 0 Å². The summed E-state index contributed by atoms with van der Waals surface area (Å²) in [4.78, 5) is 13.3. The molecule has 4 heteroatoms. The van der Waals surface area contributed by atoms with Gasteiger partial charge in [0.05, 0.1) is 11.8 Å². The molecule has 0 fully saturated rings. The third kappa shape index (κ3) is 1.23. The van der Waals surface area contributed by atoms with E-state index in [1.807, 2.05) is 18.2 Å². The van der Waals surface area contributed by atoms with E-state index in [0.717, 1.165) is 23.2 Å². The third-order valence-electron chi connectivity index (χ3n) is 3.24. The van der Waals surface area contributed by atoms with E-state index < -0.39 is 0 Å². The number of hydrogen-bond acceptors (Lipinski definition) is 3. The average molecular weight is 219 g/mol. The van der Waals surface area contributed by atoms with E-state index in [9.17, 15) is 4.79 Å². The SMILES string of the molecule is COC1CCN2C(=O)OCc3cccc1c32. The first-order valence-corrected chi connectivity index (χ1v) is 5.40. The maximum absolute atomic E-state index is 11.6. The Kier molecular flexibility index (Phi) is 2.11. The second kappa shape index (κ2) is 3.49. The first kappa shape index (κ1) is 9.66. The van der Waals surface area contributed by atoms with Crippen LogP contribution in [0.3, 0.4) is 0 Å². The zero-order valence-corrected chi connectivity index (χ0v) is 9.10. The predicted octanol–water partition coefficient (Wildman–Crippen LogP) is 2.23. The molecule has 84 valence electrons. The van der Waals surface area contributed by atoms with Crippen LogP contribution in [-0.2, 0) is 16.1 Å². The van der Waals surface area contributed by atoms with Crippen molar-refractivity contribution in [1.82, 2.24) is 0 Å². The highest BCUT2D eigenvalue weighted by Crippen LogP contribution is 2.40. The minimum Gasteiger partial charge on any atom is -0.444 e. The van der Waals surface area contributed by atoms with Crippen molar-refractivity contribution in [2.75, 3.05) is 18.6 Å². The van der Waals surface area contributed by atoms with Crippen LogP contribution in [-0.4, -0.2) is 19.7 Å². The Balaban J connectivity index is 2.17. The van der Waals surface area contributed by atoms with Crippen molar-refractivity contribution >= 4 is 11.8 Å². The molecule has 0 aliphatic carbocycles. The molecule has 1 amide bonds. The number of carbonyl (C=O) groups is 1. The zero-order chi connectivity index (χ0) is 11.1. The van der Waals surface area contributed by atoms with Crippen LogP contribution in [0.1, 0.15) is 23.7 Å². The molecule has 0 spiro atoms. The number of rotatable bonds is 1. The highest BCUT2D eigenvalue weighted by Gasteiger charge is 2.34. The summed E-state index contributed by atoms with van der Waals surface area (Å²) in [7, 11) is 1.71. The molecule has 0 bridgehead atoms.